The molecule has 248 valence electrons. The summed E-state index contributed by atoms with van der Waals surface area (Å²) in [6.45, 7) is 8.11. The summed E-state index contributed by atoms with van der Waals surface area (Å²) in [6.07, 6.45) is 10.7. The molecule has 3 atom stereocenters. The molecule has 0 radical (unpaired) electrons. The van der Waals surface area contributed by atoms with Crippen LogP contribution in [0.2, 0.25) is 0 Å². The van der Waals surface area contributed by atoms with Gasteiger partial charge in [-0.15, -0.1) is 0 Å². The third kappa shape index (κ3) is 6.08. The standard InChI is InChI=1S/C36H44FN7O3/c1-23-7-4-5-14-43(23)34-30(37)16-29-33-36(34)47-22-24(2)44(33)20-26(35(29)45)19-42(18-25-11-12-39-32(15-25)46-3)28-8-6-13-41(21-28)27-9-10-31(38)40-17-27/h9-12,15-17,20,23-24,28H,4-8,13-14,18-19,21-22H2,1-3H3,(H2,38,40)/t23?,24?,28-/m0/s1. The van der Waals surface area contributed by atoms with E-state index in [2.05, 4.69) is 43.1 Å². The van der Waals surface area contributed by atoms with Gasteiger partial charge in [0.05, 0.1) is 35.9 Å². The summed E-state index contributed by atoms with van der Waals surface area (Å²) in [5.41, 5.74) is 9.61. The number of methoxy groups -OCH3 is 1. The van der Waals surface area contributed by atoms with E-state index in [-0.39, 0.29) is 23.6 Å². The Morgan fingerprint density at radius 2 is 1.94 bits per heavy atom. The summed E-state index contributed by atoms with van der Waals surface area (Å²) >= 11 is 0. The van der Waals surface area contributed by atoms with Crippen LogP contribution in [0.25, 0.3) is 10.9 Å². The van der Waals surface area contributed by atoms with E-state index in [1.54, 1.807) is 13.3 Å². The first-order valence-corrected chi connectivity index (χ1v) is 16.8. The predicted octanol–water partition coefficient (Wildman–Crippen LogP) is 5.52. The maximum absolute atomic E-state index is 16.1. The Morgan fingerprint density at radius 3 is 2.72 bits per heavy atom. The molecule has 3 aliphatic rings. The highest BCUT2D eigenvalue weighted by atomic mass is 19.1. The SMILES string of the molecule is COc1cc(CN(Cc2cn3c4c(c(N5CCCCC5C)c(F)cc4c2=O)OCC3C)[C@H]2CCCN(c3ccc(N)nc3)C2)ccn1. The van der Waals surface area contributed by atoms with Crippen molar-refractivity contribution in [2.45, 2.75) is 77.2 Å². The Morgan fingerprint density at radius 1 is 1.06 bits per heavy atom. The molecular weight excluding hydrogens is 597 g/mol. The lowest BCUT2D eigenvalue weighted by Gasteiger charge is -2.41. The van der Waals surface area contributed by atoms with Crippen LogP contribution < -0.4 is 30.4 Å². The van der Waals surface area contributed by atoms with Gasteiger partial charge in [0.2, 0.25) is 5.88 Å². The number of hydrogen-bond acceptors (Lipinski definition) is 9. The largest absolute Gasteiger partial charge is 0.487 e. The molecule has 47 heavy (non-hydrogen) atoms. The zero-order chi connectivity index (χ0) is 32.7. The Balaban J connectivity index is 1.28. The number of anilines is 3. The molecule has 3 aromatic heterocycles. The summed E-state index contributed by atoms with van der Waals surface area (Å²) in [5, 5.41) is 0.374. The molecular formula is C36H44FN7O3. The van der Waals surface area contributed by atoms with Crippen molar-refractivity contribution in [3.63, 3.8) is 0 Å². The van der Waals surface area contributed by atoms with Crippen LogP contribution in [0.3, 0.4) is 0 Å². The summed E-state index contributed by atoms with van der Waals surface area (Å²) in [7, 11) is 1.61. The molecule has 11 heteroatoms. The number of aromatic nitrogens is 3. The fourth-order valence-electron chi connectivity index (χ4n) is 7.58. The van der Waals surface area contributed by atoms with Crippen molar-refractivity contribution in [3.05, 3.63) is 76.1 Å². The number of nitrogen functional groups attached to an aromatic ring is 1. The van der Waals surface area contributed by atoms with E-state index >= 15 is 4.39 Å². The third-order valence-corrected chi connectivity index (χ3v) is 10.1. The van der Waals surface area contributed by atoms with Crippen LogP contribution in [-0.4, -0.2) is 64.9 Å². The number of hydrogen-bond donors (Lipinski definition) is 1. The molecule has 2 N–H and O–H groups in total. The van der Waals surface area contributed by atoms with E-state index in [1.807, 2.05) is 36.7 Å². The van der Waals surface area contributed by atoms with Gasteiger partial charge < -0.3 is 29.6 Å². The predicted molar refractivity (Wildman–Crippen MR) is 183 cm³/mol. The molecule has 3 aliphatic heterocycles. The first kappa shape index (κ1) is 31.2. The van der Waals surface area contributed by atoms with Crippen molar-refractivity contribution in [1.29, 1.82) is 0 Å². The van der Waals surface area contributed by atoms with Crippen molar-refractivity contribution in [3.8, 4) is 11.6 Å². The minimum atomic E-state index is -0.391. The van der Waals surface area contributed by atoms with E-state index in [1.165, 1.54) is 6.07 Å². The lowest BCUT2D eigenvalue weighted by Crippen LogP contribution is -2.48. The summed E-state index contributed by atoms with van der Waals surface area (Å²) in [5.74, 6) is 1.15. The average Bonchev–Trinajstić information content (AvgIpc) is 3.08. The molecule has 4 aromatic rings. The number of nitrogens with zero attached hydrogens (tertiary/aromatic N) is 6. The number of rotatable bonds is 8. The van der Waals surface area contributed by atoms with Crippen molar-refractivity contribution < 1.29 is 13.9 Å². The first-order valence-electron chi connectivity index (χ1n) is 16.8. The zero-order valence-electron chi connectivity index (χ0n) is 27.5. The van der Waals surface area contributed by atoms with Crippen molar-refractivity contribution in [1.82, 2.24) is 19.4 Å². The molecule has 2 fully saturated rings. The lowest BCUT2D eigenvalue weighted by atomic mass is 9.99. The van der Waals surface area contributed by atoms with Gasteiger partial charge in [0, 0.05) is 68.8 Å². The number of pyridine rings is 3. The van der Waals surface area contributed by atoms with E-state index < -0.39 is 5.82 Å². The smallest absolute Gasteiger partial charge is 0.213 e. The molecule has 7 rings (SSSR count). The van der Waals surface area contributed by atoms with Gasteiger partial charge in [-0.05, 0) is 75.8 Å². The van der Waals surface area contributed by atoms with Gasteiger partial charge in [0.25, 0.3) is 0 Å². The molecule has 2 unspecified atom stereocenters. The summed E-state index contributed by atoms with van der Waals surface area (Å²) in [6, 6.07) is 9.56. The molecule has 0 amide bonds. The van der Waals surface area contributed by atoms with Crippen LogP contribution in [0.5, 0.6) is 11.6 Å². The molecule has 6 heterocycles. The summed E-state index contributed by atoms with van der Waals surface area (Å²) < 4.78 is 29.9. The van der Waals surface area contributed by atoms with Crippen molar-refractivity contribution in [2.75, 3.05) is 48.9 Å². The van der Waals surface area contributed by atoms with Gasteiger partial charge in [-0.2, -0.15) is 0 Å². The van der Waals surface area contributed by atoms with E-state index in [0.717, 1.165) is 63.0 Å². The second-order valence-corrected chi connectivity index (χ2v) is 13.3. The monoisotopic (exact) mass is 641 g/mol. The second kappa shape index (κ2) is 13.0. The topological polar surface area (TPSA) is 102 Å². The van der Waals surface area contributed by atoms with Crippen LogP contribution in [0.15, 0.2) is 53.7 Å². The number of benzene rings is 1. The highest BCUT2D eigenvalue weighted by molar-refractivity contribution is 5.92. The zero-order valence-corrected chi connectivity index (χ0v) is 27.5. The fourth-order valence-corrected chi connectivity index (χ4v) is 7.58. The molecule has 0 saturated carbocycles. The first-order chi connectivity index (χ1) is 22.8. The van der Waals surface area contributed by atoms with Gasteiger partial charge in [0.1, 0.15) is 18.1 Å². The fraction of sp³-hybridized carbons (Fsp3) is 0.472. The highest BCUT2D eigenvalue weighted by Crippen LogP contribution is 2.43. The highest BCUT2D eigenvalue weighted by Gasteiger charge is 2.33. The Kier molecular flexibility index (Phi) is 8.65. The third-order valence-electron chi connectivity index (χ3n) is 10.1. The van der Waals surface area contributed by atoms with E-state index in [9.17, 15) is 4.79 Å². The van der Waals surface area contributed by atoms with Gasteiger partial charge >= 0.3 is 0 Å². The van der Waals surface area contributed by atoms with Crippen molar-refractivity contribution in [2.24, 2.45) is 0 Å². The number of piperidine rings is 2. The van der Waals surface area contributed by atoms with E-state index in [0.29, 0.717) is 59.3 Å². The van der Waals surface area contributed by atoms with Gasteiger partial charge in [-0.1, -0.05) is 0 Å². The minimum absolute atomic E-state index is 0.0115. The van der Waals surface area contributed by atoms with Crippen LogP contribution in [0.1, 0.15) is 63.1 Å². The molecule has 1 aromatic carbocycles. The second-order valence-electron chi connectivity index (χ2n) is 13.3. The molecule has 0 aliphatic carbocycles. The van der Waals surface area contributed by atoms with Crippen LogP contribution in [-0.2, 0) is 13.1 Å². The van der Waals surface area contributed by atoms with Crippen LogP contribution >= 0.6 is 0 Å². The normalized spacial score (nSPS) is 21.3. The van der Waals surface area contributed by atoms with Crippen LogP contribution in [0.4, 0.5) is 21.6 Å². The number of halogens is 1. The maximum atomic E-state index is 16.1. The average molecular weight is 642 g/mol. The number of nitrogens with two attached hydrogens (primary N) is 1. The minimum Gasteiger partial charge on any atom is -0.487 e. The van der Waals surface area contributed by atoms with Gasteiger partial charge in [-0.3, -0.25) is 9.69 Å². The Bertz CT molecular complexity index is 1810. The van der Waals surface area contributed by atoms with Crippen LogP contribution in [0, 0.1) is 5.82 Å². The Hall–Kier alpha value is -4.38. The Labute approximate surface area is 274 Å². The molecule has 2 saturated heterocycles. The number of ether oxygens (including phenoxy) is 2. The quantitative estimate of drug-likeness (QED) is 0.266. The summed E-state index contributed by atoms with van der Waals surface area (Å²) in [4.78, 5) is 29.8. The van der Waals surface area contributed by atoms with Gasteiger partial charge in [-0.25, -0.2) is 14.4 Å². The molecule has 10 nitrogen and oxygen atoms in total. The molecule has 0 bridgehead atoms. The van der Waals surface area contributed by atoms with Gasteiger partial charge in [0.15, 0.2) is 17.0 Å². The lowest BCUT2D eigenvalue weighted by molar-refractivity contribution is 0.157. The van der Waals surface area contributed by atoms with E-state index in [4.69, 9.17) is 15.2 Å². The van der Waals surface area contributed by atoms with Crippen molar-refractivity contribution >= 4 is 28.1 Å². The molecule has 0 spiro atoms. The maximum Gasteiger partial charge on any atom is 0.213 e.